The molecule has 88 valence electrons. The summed E-state index contributed by atoms with van der Waals surface area (Å²) < 4.78 is 0. The Morgan fingerprint density at radius 2 is 2.12 bits per heavy atom. The average molecular weight is 239 g/mol. The largest absolute Gasteiger partial charge is 0.335 e. The molecule has 0 radical (unpaired) electrons. The van der Waals surface area contributed by atoms with E-state index in [4.69, 9.17) is 0 Å². The Morgan fingerprint density at radius 3 is 2.62 bits per heavy atom. The van der Waals surface area contributed by atoms with Crippen LogP contribution in [0.5, 0.6) is 0 Å². The van der Waals surface area contributed by atoms with Gasteiger partial charge in [0.15, 0.2) is 0 Å². The van der Waals surface area contributed by atoms with E-state index in [1.165, 1.54) is 11.3 Å². The molecule has 1 aromatic heterocycles. The second-order valence-corrected chi connectivity index (χ2v) is 5.20. The van der Waals surface area contributed by atoms with Crippen LogP contribution >= 0.6 is 11.3 Å². The lowest BCUT2D eigenvalue weighted by Crippen LogP contribution is -2.48. The minimum atomic E-state index is 0.140. The van der Waals surface area contributed by atoms with Crippen molar-refractivity contribution in [3.05, 3.63) is 16.1 Å². The standard InChI is InChI=1S/C11H17N3OS/c1-3-13-4-6-14(7-5-13)11(15)10-8-12-9(2)16-10/h8H,3-7H2,1-2H3. The van der Waals surface area contributed by atoms with Crippen LogP contribution in [0.4, 0.5) is 0 Å². The molecule has 0 unspecified atom stereocenters. The summed E-state index contributed by atoms with van der Waals surface area (Å²) in [4.78, 5) is 21.3. The highest BCUT2D eigenvalue weighted by Gasteiger charge is 2.22. The van der Waals surface area contributed by atoms with Crippen LogP contribution in [0.2, 0.25) is 0 Å². The van der Waals surface area contributed by atoms with Crippen molar-refractivity contribution >= 4 is 17.2 Å². The van der Waals surface area contributed by atoms with Gasteiger partial charge in [0, 0.05) is 26.2 Å². The van der Waals surface area contributed by atoms with Crippen LogP contribution in [-0.4, -0.2) is 53.4 Å². The minimum Gasteiger partial charge on any atom is -0.335 e. The molecule has 0 bridgehead atoms. The van der Waals surface area contributed by atoms with E-state index in [-0.39, 0.29) is 5.91 Å². The molecule has 0 saturated carbocycles. The molecule has 0 aliphatic carbocycles. The van der Waals surface area contributed by atoms with Crippen LogP contribution in [0.25, 0.3) is 0 Å². The molecule has 5 heteroatoms. The Labute approximate surface area is 99.9 Å². The zero-order chi connectivity index (χ0) is 11.5. The summed E-state index contributed by atoms with van der Waals surface area (Å²) in [6.45, 7) is 8.80. The number of aryl methyl sites for hydroxylation is 1. The third kappa shape index (κ3) is 2.41. The number of thiazole rings is 1. The molecule has 16 heavy (non-hydrogen) atoms. The highest BCUT2D eigenvalue weighted by Crippen LogP contribution is 2.15. The molecule has 1 aromatic rings. The molecule has 1 aliphatic heterocycles. The molecule has 1 fully saturated rings. The highest BCUT2D eigenvalue weighted by molar-refractivity contribution is 7.13. The second-order valence-electron chi connectivity index (χ2n) is 3.97. The first kappa shape index (κ1) is 11.5. The molecule has 0 N–H and O–H groups in total. The number of aromatic nitrogens is 1. The van der Waals surface area contributed by atoms with Gasteiger partial charge in [-0.25, -0.2) is 4.98 Å². The molecular formula is C11H17N3OS. The Balaban J connectivity index is 1.96. The lowest BCUT2D eigenvalue weighted by atomic mass is 10.3. The van der Waals surface area contributed by atoms with Gasteiger partial charge in [-0.05, 0) is 13.5 Å². The van der Waals surface area contributed by atoms with Crippen molar-refractivity contribution in [2.45, 2.75) is 13.8 Å². The quantitative estimate of drug-likeness (QED) is 0.779. The van der Waals surface area contributed by atoms with Gasteiger partial charge in [-0.1, -0.05) is 6.92 Å². The summed E-state index contributed by atoms with van der Waals surface area (Å²) in [6, 6.07) is 0. The molecule has 2 heterocycles. The van der Waals surface area contributed by atoms with Gasteiger partial charge in [0.25, 0.3) is 5.91 Å². The number of likely N-dealkylation sites (N-methyl/N-ethyl adjacent to an activating group) is 1. The van der Waals surface area contributed by atoms with E-state index in [9.17, 15) is 4.79 Å². The number of carbonyl (C=O) groups excluding carboxylic acids is 1. The first-order valence-electron chi connectivity index (χ1n) is 5.64. The highest BCUT2D eigenvalue weighted by atomic mass is 32.1. The van der Waals surface area contributed by atoms with E-state index >= 15 is 0 Å². The van der Waals surface area contributed by atoms with Crippen molar-refractivity contribution in [1.29, 1.82) is 0 Å². The maximum Gasteiger partial charge on any atom is 0.265 e. The smallest absolute Gasteiger partial charge is 0.265 e. The summed E-state index contributed by atoms with van der Waals surface area (Å²) in [5.41, 5.74) is 0. The Hall–Kier alpha value is -0.940. The fourth-order valence-corrected chi connectivity index (χ4v) is 2.63. The van der Waals surface area contributed by atoms with Crippen molar-refractivity contribution in [3.63, 3.8) is 0 Å². The average Bonchev–Trinajstić information content (AvgIpc) is 2.75. The zero-order valence-electron chi connectivity index (χ0n) is 9.77. The number of amides is 1. The monoisotopic (exact) mass is 239 g/mol. The number of hydrogen-bond donors (Lipinski definition) is 0. The molecular weight excluding hydrogens is 222 g/mol. The summed E-state index contributed by atoms with van der Waals surface area (Å²) in [7, 11) is 0. The van der Waals surface area contributed by atoms with Crippen LogP contribution in [0.3, 0.4) is 0 Å². The summed E-state index contributed by atoms with van der Waals surface area (Å²) >= 11 is 1.48. The number of hydrogen-bond acceptors (Lipinski definition) is 4. The lowest BCUT2D eigenvalue weighted by Gasteiger charge is -2.33. The second kappa shape index (κ2) is 4.93. The fourth-order valence-electron chi connectivity index (χ4n) is 1.88. The van der Waals surface area contributed by atoms with E-state index in [1.807, 2.05) is 11.8 Å². The number of rotatable bonds is 2. The van der Waals surface area contributed by atoms with Gasteiger partial charge in [-0.2, -0.15) is 0 Å². The molecule has 0 aromatic carbocycles. The zero-order valence-corrected chi connectivity index (χ0v) is 10.6. The third-order valence-corrected chi connectivity index (χ3v) is 3.84. The Morgan fingerprint density at radius 1 is 1.44 bits per heavy atom. The molecule has 0 atom stereocenters. The van der Waals surface area contributed by atoms with E-state index in [0.29, 0.717) is 0 Å². The van der Waals surface area contributed by atoms with Crippen molar-refractivity contribution < 1.29 is 4.79 Å². The predicted molar refractivity (Wildman–Crippen MR) is 64.9 cm³/mol. The van der Waals surface area contributed by atoms with Crippen LogP contribution < -0.4 is 0 Å². The Bertz CT molecular complexity index is 369. The summed E-state index contributed by atoms with van der Waals surface area (Å²) in [5, 5.41) is 0.954. The Kier molecular flexibility index (Phi) is 3.56. The van der Waals surface area contributed by atoms with Crippen molar-refractivity contribution in [1.82, 2.24) is 14.8 Å². The topological polar surface area (TPSA) is 36.4 Å². The van der Waals surface area contributed by atoms with Crippen molar-refractivity contribution in [3.8, 4) is 0 Å². The minimum absolute atomic E-state index is 0.140. The summed E-state index contributed by atoms with van der Waals surface area (Å²) in [6.07, 6.45) is 1.69. The first-order chi connectivity index (χ1) is 7.70. The number of nitrogens with zero attached hydrogens (tertiary/aromatic N) is 3. The molecule has 1 aliphatic rings. The van der Waals surface area contributed by atoms with Crippen LogP contribution in [-0.2, 0) is 0 Å². The maximum atomic E-state index is 12.1. The SMILES string of the molecule is CCN1CCN(C(=O)c2cnc(C)s2)CC1. The van der Waals surface area contributed by atoms with E-state index in [2.05, 4.69) is 16.8 Å². The molecule has 1 amide bonds. The lowest BCUT2D eigenvalue weighted by molar-refractivity contribution is 0.0648. The molecule has 2 rings (SSSR count). The van der Waals surface area contributed by atoms with Gasteiger partial charge in [-0.15, -0.1) is 11.3 Å². The van der Waals surface area contributed by atoms with E-state index in [1.54, 1.807) is 6.20 Å². The van der Waals surface area contributed by atoms with Gasteiger partial charge in [0.2, 0.25) is 0 Å². The number of carbonyl (C=O) groups is 1. The van der Waals surface area contributed by atoms with E-state index in [0.717, 1.165) is 42.6 Å². The third-order valence-electron chi connectivity index (χ3n) is 2.94. The summed E-state index contributed by atoms with van der Waals surface area (Å²) in [5.74, 6) is 0.140. The molecule has 0 spiro atoms. The van der Waals surface area contributed by atoms with Crippen molar-refractivity contribution in [2.75, 3.05) is 32.7 Å². The van der Waals surface area contributed by atoms with Crippen molar-refractivity contribution in [2.24, 2.45) is 0 Å². The van der Waals surface area contributed by atoms with Gasteiger partial charge >= 0.3 is 0 Å². The normalized spacial score (nSPS) is 17.8. The number of piperazine rings is 1. The van der Waals surface area contributed by atoms with Crippen LogP contribution in [0, 0.1) is 6.92 Å². The van der Waals surface area contributed by atoms with Gasteiger partial charge in [0.05, 0.1) is 11.2 Å². The first-order valence-corrected chi connectivity index (χ1v) is 6.46. The van der Waals surface area contributed by atoms with Crippen LogP contribution in [0.1, 0.15) is 21.6 Å². The van der Waals surface area contributed by atoms with Crippen LogP contribution in [0.15, 0.2) is 6.20 Å². The van der Waals surface area contributed by atoms with Gasteiger partial charge < -0.3 is 9.80 Å². The van der Waals surface area contributed by atoms with E-state index < -0.39 is 0 Å². The van der Waals surface area contributed by atoms with Gasteiger partial charge in [0.1, 0.15) is 4.88 Å². The molecule has 4 nitrogen and oxygen atoms in total. The predicted octanol–water partition coefficient (Wildman–Crippen LogP) is 1.23. The maximum absolute atomic E-state index is 12.1. The fraction of sp³-hybridized carbons (Fsp3) is 0.636. The molecule has 1 saturated heterocycles. The van der Waals surface area contributed by atoms with Gasteiger partial charge in [-0.3, -0.25) is 4.79 Å².